The van der Waals surface area contributed by atoms with Crippen molar-refractivity contribution in [2.75, 3.05) is 41.1 Å². The van der Waals surface area contributed by atoms with Crippen molar-refractivity contribution in [1.29, 1.82) is 0 Å². The van der Waals surface area contributed by atoms with Crippen LogP contribution in [0.5, 0.6) is 17.2 Å². The number of carbonyl (C=O) groups excluding carboxylic acids is 1. The van der Waals surface area contributed by atoms with Gasteiger partial charge in [0.15, 0.2) is 11.5 Å². The molecule has 3 rings (SSSR count). The Labute approximate surface area is 136 Å². The van der Waals surface area contributed by atoms with Crippen LogP contribution in [0.2, 0.25) is 0 Å². The fourth-order valence-electron chi connectivity index (χ4n) is 3.10. The van der Waals surface area contributed by atoms with Gasteiger partial charge in [-0.25, -0.2) is 0 Å². The molecule has 6 heteroatoms. The molecule has 1 heterocycles. The third kappa shape index (κ3) is 3.08. The van der Waals surface area contributed by atoms with E-state index in [0.717, 1.165) is 0 Å². The van der Waals surface area contributed by atoms with E-state index in [1.807, 2.05) is 4.90 Å². The number of methoxy groups -OCH3 is 3. The number of morpholine rings is 1. The predicted octanol–water partition coefficient (Wildman–Crippen LogP) is 1.96. The van der Waals surface area contributed by atoms with Gasteiger partial charge in [0, 0.05) is 18.7 Å². The highest BCUT2D eigenvalue weighted by molar-refractivity contribution is 5.98. The third-order valence-corrected chi connectivity index (χ3v) is 4.53. The number of hydrogen-bond acceptors (Lipinski definition) is 5. The summed E-state index contributed by atoms with van der Waals surface area (Å²) in [5, 5.41) is 0. The molecule has 2 fully saturated rings. The van der Waals surface area contributed by atoms with Crippen LogP contribution in [0.1, 0.15) is 23.2 Å². The largest absolute Gasteiger partial charge is 0.496 e. The SMILES string of the molecule is COc1cc(OC)c(C(=O)N2CCOC[C@@H]2C2CC2)cc1OC. The maximum absolute atomic E-state index is 13.1. The van der Waals surface area contributed by atoms with Crippen LogP contribution in [-0.2, 0) is 4.74 Å². The topological polar surface area (TPSA) is 57.2 Å². The summed E-state index contributed by atoms with van der Waals surface area (Å²) in [6, 6.07) is 3.55. The maximum atomic E-state index is 13.1. The van der Waals surface area contributed by atoms with Crippen molar-refractivity contribution in [3.05, 3.63) is 17.7 Å². The summed E-state index contributed by atoms with van der Waals surface area (Å²) in [6.45, 7) is 1.80. The second-order valence-corrected chi connectivity index (χ2v) is 5.89. The zero-order valence-electron chi connectivity index (χ0n) is 13.8. The van der Waals surface area contributed by atoms with Crippen LogP contribution in [0.4, 0.5) is 0 Å². The van der Waals surface area contributed by atoms with Crippen molar-refractivity contribution in [2.45, 2.75) is 18.9 Å². The summed E-state index contributed by atoms with van der Waals surface area (Å²) in [5.74, 6) is 2.08. The van der Waals surface area contributed by atoms with Crippen molar-refractivity contribution in [1.82, 2.24) is 4.90 Å². The first kappa shape index (κ1) is 15.9. The highest BCUT2D eigenvalue weighted by Crippen LogP contribution is 2.39. The minimum absolute atomic E-state index is 0.0389. The zero-order chi connectivity index (χ0) is 16.4. The van der Waals surface area contributed by atoms with Gasteiger partial charge in [-0.15, -0.1) is 0 Å². The Morgan fingerprint density at radius 2 is 1.74 bits per heavy atom. The average molecular weight is 321 g/mol. The standard InChI is InChI=1S/C17H23NO5/c1-20-14-9-16(22-3)15(21-2)8-12(14)17(19)18-6-7-23-10-13(18)11-4-5-11/h8-9,11,13H,4-7,10H2,1-3H3/t13-/m1/s1. The quantitative estimate of drug-likeness (QED) is 0.830. The molecule has 1 aromatic rings. The summed E-state index contributed by atoms with van der Waals surface area (Å²) >= 11 is 0. The molecular formula is C17H23NO5. The molecule has 0 unspecified atom stereocenters. The molecule has 126 valence electrons. The van der Waals surface area contributed by atoms with Gasteiger partial charge in [-0.05, 0) is 18.8 Å². The Balaban J connectivity index is 1.93. The van der Waals surface area contributed by atoms with E-state index in [-0.39, 0.29) is 11.9 Å². The monoisotopic (exact) mass is 321 g/mol. The van der Waals surface area contributed by atoms with Crippen LogP contribution >= 0.6 is 0 Å². The van der Waals surface area contributed by atoms with E-state index in [0.29, 0.717) is 48.5 Å². The predicted molar refractivity (Wildman–Crippen MR) is 84.5 cm³/mol. The second-order valence-electron chi connectivity index (χ2n) is 5.89. The molecule has 1 aliphatic carbocycles. The number of hydrogen-bond donors (Lipinski definition) is 0. The third-order valence-electron chi connectivity index (χ3n) is 4.53. The fourth-order valence-corrected chi connectivity index (χ4v) is 3.10. The number of rotatable bonds is 5. The first-order valence-corrected chi connectivity index (χ1v) is 7.88. The number of nitrogens with zero attached hydrogens (tertiary/aromatic N) is 1. The van der Waals surface area contributed by atoms with Crippen LogP contribution in [0.15, 0.2) is 12.1 Å². The number of amides is 1. The van der Waals surface area contributed by atoms with E-state index < -0.39 is 0 Å². The van der Waals surface area contributed by atoms with E-state index in [9.17, 15) is 4.79 Å². The summed E-state index contributed by atoms with van der Waals surface area (Å²) in [4.78, 5) is 15.0. The summed E-state index contributed by atoms with van der Waals surface area (Å²) in [5.41, 5.74) is 0.498. The van der Waals surface area contributed by atoms with Crippen LogP contribution < -0.4 is 14.2 Å². The normalized spacial score (nSPS) is 21.0. The Bertz CT molecular complexity index is 585. The summed E-state index contributed by atoms with van der Waals surface area (Å²) in [7, 11) is 4.67. The molecular weight excluding hydrogens is 298 g/mol. The van der Waals surface area contributed by atoms with Gasteiger partial charge < -0.3 is 23.8 Å². The van der Waals surface area contributed by atoms with Crippen LogP contribution in [0.3, 0.4) is 0 Å². The lowest BCUT2D eigenvalue weighted by molar-refractivity contribution is -0.00849. The van der Waals surface area contributed by atoms with Crippen molar-refractivity contribution in [3.63, 3.8) is 0 Å². The van der Waals surface area contributed by atoms with Crippen molar-refractivity contribution in [3.8, 4) is 17.2 Å². The first-order chi connectivity index (χ1) is 11.2. The lowest BCUT2D eigenvalue weighted by atomic mass is 10.1. The van der Waals surface area contributed by atoms with Crippen molar-refractivity contribution >= 4 is 5.91 Å². The van der Waals surface area contributed by atoms with Crippen molar-refractivity contribution < 1.29 is 23.7 Å². The molecule has 0 N–H and O–H groups in total. The summed E-state index contributed by atoms with van der Waals surface area (Å²) in [6.07, 6.45) is 2.34. The smallest absolute Gasteiger partial charge is 0.258 e. The van der Waals surface area contributed by atoms with E-state index in [1.54, 1.807) is 33.5 Å². The molecule has 0 aromatic heterocycles. The molecule has 23 heavy (non-hydrogen) atoms. The number of carbonyl (C=O) groups is 1. The minimum atomic E-state index is -0.0389. The van der Waals surface area contributed by atoms with Gasteiger partial charge >= 0.3 is 0 Å². The number of benzene rings is 1. The zero-order valence-corrected chi connectivity index (χ0v) is 13.8. The van der Waals surface area contributed by atoms with Gasteiger partial charge in [0.1, 0.15) is 5.75 Å². The van der Waals surface area contributed by atoms with Crippen LogP contribution in [0.25, 0.3) is 0 Å². The lowest BCUT2D eigenvalue weighted by Crippen LogP contribution is -2.49. The Morgan fingerprint density at radius 1 is 1.09 bits per heavy atom. The van der Waals surface area contributed by atoms with E-state index in [4.69, 9.17) is 18.9 Å². The van der Waals surface area contributed by atoms with Gasteiger partial charge in [0.05, 0.1) is 46.1 Å². The van der Waals surface area contributed by atoms with Gasteiger partial charge in [-0.3, -0.25) is 4.79 Å². The molecule has 1 saturated heterocycles. The van der Waals surface area contributed by atoms with Gasteiger partial charge in [0.25, 0.3) is 5.91 Å². The molecule has 0 spiro atoms. The van der Waals surface area contributed by atoms with E-state index in [2.05, 4.69) is 0 Å². The molecule has 1 atom stereocenters. The van der Waals surface area contributed by atoms with Crippen LogP contribution in [0, 0.1) is 5.92 Å². The molecule has 1 amide bonds. The summed E-state index contributed by atoms with van der Waals surface area (Å²) < 4.78 is 21.6. The van der Waals surface area contributed by atoms with Gasteiger partial charge in [-0.2, -0.15) is 0 Å². The van der Waals surface area contributed by atoms with Crippen molar-refractivity contribution in [2.24, 2.45) is 5.92 Å². The lowest BCUT2D eigenvalue weighted by Gasteiger charge is -2.36. The van der Waals surface area contributed by atoms with Gasteiger partial charge in [-0.1, -0.05) is 0 Å². The van der Waals surface area contributed by atoms with Crippen LogP contribution in [-0.4, -0.2) is 57.9 Å². The van der Waals surface area contributed by atoms with Gasteiger partial charge in [0.2, 0.25) is 0 Å². The molecule has 0 bridgehead atoms. The molecule has 2 aliphatic rings. The molecule has 1 aromatic carbocycles. The highest BCUT2D eigenvalue weighted by Gasteiger charge is 2.40. The Morgan fingerprint density at radius 3 is 2.35 bits per heavy atom. The second kappa shape index (κ2) is 6.66. The molecule has 6 nitrogen and oxygen atoms in total. The maximum Gasteiger partial charge on any atom is 0.258 e. The Hall–Kier alpha value is -1.95. The number of ether oxygens (including phenoxy) is 4. The minimum Gasteiger partial charge on any atom is -0.496 e. The first-order valence-electron chi connectivity index (χ1n) is 7.88. The van der Waals surface area contributed by atoms with E-state index >= 15 is 0 Å². The Kier molecular flexibility index (Phi) is 4.61. The fraction of sp³-hybridized carbons (Fsp3) is 0.588. The van der Waals surface area contributed by atoms with E-state index in [1.165, 1.54) is 12.8 Å². The highest BCUT2D eigenvalue weighted by atomic mass is 16.5. The molecule has 1 saturated carbocycles. The molecule has 0 radical (unpaired) electrons. The average Bonchev–Trinajstić information content (AvgIpc) is 3.44. The molecule has 1 aliphatic heterocycles.